The van der Waals surface area contributed by atoms with Crippen molar-refractivity contribution >= 4 is 34.6 Å². The number of alkyl halides is 3. The lowest BCUT2D eigenvalue weighted by molar-refractivity contribution is -0.141. The van der Waals surface area contributed by atoms with Crippen LogP contribution < -0.4 is 4.74 Å². The number of oxime groups is 1. The summed E-state index contributed by atoms with van der Waals surface area (Å²) in [4.78, 5) is 31.0. The summed E-state index contributed by atoms with van der Waals surface area (Å²) < 4.78 is 71.4. The predicted molar refractivity (Wildman–Crippen MR) is 130 cm³/mol. The summed E-state index contributed by atoms with van der Waals surface area (Å²) in [7, 11) is 0. The Labute approximate surface area is 227 Å². The van der Waals surface area contributed by atoms with Gasteiger partial charge in [0.1, 0.15) is 5.71 Å². The van der Waals surface area contributed by atoms with Crippen molar-refractivity contribution in [2.45, 2.75) is 37.5 Å². The summed E-state index contributed by atoms with van der Waals surface area (Å²) in [5, 5.41) is 6.70. The van der Waals surface area contributed by atoms with Crippen molar-refractivity contribution in [3.8, 4) is 6.01 Å². The molecule has 2 aliphatic rings. The molecule has 1 atom stereocenters. The van der Waals surface area contributed by atoms with E-state index >= 15 is 0 Å². The highest BCUT2D eigenvalue weighted by molar-refractivity contribution is 7.10. The van der Waals surface area contributed by atoms with Gasteiger partial charge in [0.2, 0.25) is 0 Å². The highest BCUT2D eigenvalue weighted by Gasteiger charge is 2.34. The van der Waals surface area contributed by atoms with Crippen LogP contribution in [0.25, 0.3) is 0 Å². The SMILES string of the molecule is O=C(COc1nccc(C(F)(F)F)n1)N1CCC(c2nc(C3=NOC(c4c(Cl)ccc(F)c4F)C3)cs2)CC1. The molecule has 1 amide bonds. The third-order valence-corrected chi connectivity index (χ3v) is 7.67. The standard InChI is InChI=1S/C24H19ClF5N5O3S/c25-13-1-2-14(26)21(27)20(13)17-9-15(34-38-17)16-11-39-22(32-16)12-4-7-35(8-5-12)19(36)10-37-23-31-6-3-18(33-23)24(28,29)30/h1-3,6,11-12,17H,4-5,7-10H2. The Hall–Kier alpha value is -3.39. The Bertz CT molecular complexity index is 1410. The van der Waals surface area contributed by atoms with Crippen molar-refractivity contribution in [2.24, 2.45) is 5.16 Å². The normalized spacial score (nSPS) is 18.2. The van der Waals surface area contributed by atoms with E-state index in [0.29, 0.717) is 43.4 Å². The summed E-state index contributed by atoms with van der Waals surface area (Å²) in [6.07, 6.45) is -3.18. The Kier molecular flexibility index (Phi) is 7.67. The van der Waals surface area contributed by atoms with E-state index in [1.807, 2.05) is 5.38 Å². The number of nitrogens with zero attached hydrogens (tertiary/aromatic N) is 5. The molecule has 1 unspecified atom stereocenters. The fourth-order valence-electron chi connectivity index (χ4n) is 4.29. The number of ether oxygens (including phenoxy) is 1. The van der Waals surface area contributed by atoms with Gasteiger partial charge in [-0.2, -0.15) is 18.2 Å². The first-order chi connectivity index (χ1) is 18.6. The molecule has 1 fully saturated rings. The van der Waals surface area contributed by atoms with Gasteiger partial charge in [-0.05, 0) is 31.0 Å². The van der Waals surface area contributed by atoms with Crippen LogP contribution in [0, 0.1) is 11.6 Å². The van der Waals surface area contributed by atoms with Crippen molar-refractivity contribution < 1.29 is 36.3 Å². The molecule has 0 aliphatic carbocycles. The molecule has 0 radical (unpaired) electrons. The first-order valence-electron chi connectivity index (χ1n) is 11.7. The smallest absolute Gasteiger partial charge is 0.433 e. The number of piperidine rings is 1. The van der Waals surface area contributed by atoms with Gasteiger partial charge in [0, 0.05) is 37.0 Å². The first-order valence-corrected chi connectivity index (χ1v) is 13.0. The summed E-state index contributed by atoms with van der Waals surface area (Å²) in [6.45, 7) is 0.341. The maximum Gasteiger partial charge on any atom is 0.433 e. The van der Waals surface area contributed by atoms with Crippen molar-refractivity contribution in [3.63, 3.8) is 0 Å². The van der Waals surface area contributed by atoms with Gasteiger partial charge in [-0.25, -0.2) is 18.7 Å². The van der Waals surface area contributed by atoms with Gasteiger partial charge in [0.15, 0.2) is 30.0 Å². The zero-order valence-corrected chi connectivity index (χ0v) is 21.5. The molecule has 4 heterocycles. The Balaban J connectivity index is 1.13. The zero-order valence-electron chi connectivity index (χ0n) is 19.9. The molecule has 0 bridgehead atoms. The van der Waals surface area contributed by atoms with Crippen LogP contribution in [0.3, 0.4) is 0 Å². The predicted octanol–water partition coefficient (Wildman–Crippen LogP) is 5.53. The van der Waals surface area contributed by atoms with Crippen LogP contribution in [-0.2, 0) is 15.8 Å². The number of likely N-dealkylation sites (tertiary alicyclic amines) is 1. The quantitative estimate of drug-likeness (QED) is 0.278. The monoisotopic (exact) mass is 587 g/mol. The van der Waals surface area contributed by atoms with Gasteiger partial charge in [-0.15, -0.1) is 11.3 Å². The Morgan fingerprint density at radius 3 is 2.69 bits per heavy atom. The molecule has 39 heavy (non-hydrogen) atoms. The lowest BCUT2D eigenvalue weighted by Gasteiger charge is -2.31. The van der Waals surface area contributed by atoms with E-state index < -0.39 is 42.2 Å². The Morgan fingerprint density at radius 1 is 1.18 bits per heavy atom. The number of carbonyl (C=O) groups excluding carboxylic acids is 1. The molecule has 5 rings (SSSR count). The number of amides is 1. The minimum atomic E-state index is -4.64. The van der Waals surface area contributed by atoms with Gasteiger partial charge >= 0.3 is 12.2 Å². The van der Waals surface area contributed by atoms with Crippen LogP contribution >= 0.6 is 22.9 Å². The molecular weight excluding hydrogens is 569 g/mol. The van der Waals surface area contributed by atoms with Crippen LogP contribution in [0.5, 0.6) is 6.01 Å². The summed E-state index contributed by atoms with van der Waals surface area (Å²) in [5.74, 6) is -2.41. The fraction of sp³-hybridized carbons (Fsp3) is 0.375. The first kappa shape index (κ1) is 27.2. The maximum atomic E-state index is 14.3. The van der Waals surface area contributed by atoms with E-state index in [9.17, 15) is 26.7 Å². The van der Waals surface area contributed by atoms with Crippen molar-refractivity contribution in [1.29, 1.82) is 0 Å². The second kappa shape index (κ2) is 11.0. The molecule has 15 heteroatoms. The van der Waals surface area contributed by atoms with Crippen molar-refractivity contribution in [1.82, 2.24) is 19.9 Å². The number of hydrogen-bond donors (Lipinski definition) is 0. The highest BCUT2D eigenvalue weighted by atomic mass is 35.5. The number of aromatic nitrogens is 3. The number of hydrogen-bond acceptors (Lipinski definition) is 8. The molecule has 0 saturated carbocycles. The minimum absolute atomic E-state index is 0.0448. The molecule has 3 aromatic rings. The summed E-state index contributed by atoms with van der Waals surface area (Å²) in [6, 6.07) is 2.40. The average Bonchev–Trinajstić information content (AvgIpc) is 3.60. The van der Waals surface area contributed by atoms with Gasteiger partial charge in [0.05, 0.1) is 21.3 Å². The Morgan fingerprint density at radius 2 is 1.95 bits per heavy atom. The second-order valence-corrected chi connectivity index (χ2v) is 10.1. The largest absolute Gasteiger partial charge is 0.453 e. The van der Waals surface area contributed by atoms with Crippen LogP contribution in [0.1, 0.15) is 53.2 Å². The molecule has 0 N–H and O–H groups in total. The molecule has 8 nitrogen and oxygen atoms in total. The van der Waals surface area contributed by atoms with E-state index in [0.717, 1.165) is 17.3 Å². The van der Waals surface area contributed by atoms with Crippen LogP contribution in [0.4, 0.5) is 22.0 Å². The van der Waals surface area contributed by atoms with Crippen LogP contribution in [-0.4, -0.2) is 51.2 Å². The number of carbonyl (C=O) groups is 1. The molecule has 1 aromatic carbocycles. The summed E-state index contributed by atoms with van der Waals surface area (Å²) >= 11 is 7.48. The van der Waals surface area contributed by atoms with E-state index in [1.165, 1.54) is 17.4 Å². The highest BCUT2D eigenvalue weighted by Crippen LogP contribution is 2.37. The number of halogens is 6. The zero-order chi connectivity index (χ0) is 27.7. The molecular formula is C24H19ClF5N5O3S. The van der Waals surface area contributed by atoms with Gasteiger partial charge in [0.25, 0.3) is 5.91 Å². The number of thiazole rings is 1. The third kappa shape index (κ3) is 5.96. The second-order valence-electron chi connectivity index (χ2n) is 8.83. The van der Waals surface area contributed by atoms with Crippen molar-refractivity contribution in [3.05, 3.63) is 68.4 Å². The molecule has 2 aliphatic heterocycles. The van der Waals surface area contributed by atoms with Crippen LogP contribution in [0.2, 0.25) is 5.02 Å². The average molecular weight is 588 g/mol. The lowest BCUT2D eigenvalue weighted by Crippen LogP contribution is -2.40. The molecule has 0 spiro atoms. The summed E-state index contributed by atoms with van der Waals surface area (Å²) in [5.41, 5.74) is -0.187. The maximum absolute atomic E-state index is 14.3. The van der Waals surface area contributed by atoms with E-state index in [-0.39, 0.29) is 28.8 Å². The molecule has 206 valence electrons. The van der Waals surface area contributed by atoms with Gasteiger partial charge in [-0.3, -0.25) is 4.79 Å². The number of benzene rings is 1. The van der Waals surface area contributed by atoms with Crippen LogP contribution in [0.15, 0.2) is 34.9 Å². The fourth-order valence-corrected chi connectivity index (χ4v) is 5.56. The van der Waals surface area contributed by atoms with Gasteiger partial charge in [-0.1, -0.05) is 16.8 Å². The van der Waals surface area contributed by atoms with Crippen molar-refractivity contribution in [2.75, 3.05) is 19.7 Å². The molecule has 1 saturated heterocycles. The minimum Gasteiger partial charge on any atom is -0.453 e. The van der Waals surface area contributed by atoms with E-state index in [2.05, 4.69) is 20.1 Å². The number of rotatable bonds is 6. The molecule has 2 aromatic heterocycles. The topological polar surface area (TPSA) is 89.8 Å². The lowest BCUT2D eigenvalue weighted by atomic mass is 9.97. The van der Waals surface area contributed by atoms with E-state index in [4.69, 9.17) is 21.2 Å². The third-order valence-electron chi connectivity index (χ3n) is 6.33. The van der Waals surface area contributed by atoms with Gasteiger partial charge < -0.3 is 14.5 Å². The van der Waals surface area contributed by atoms with E-state index in [1.54, 1.807) is 4.90 Å².